The van der Waals surface area contributed by atoms with Crippen LogP contribution in [0.25, 0.3) is 0 Å². The molecule has 6 heteroatoms. The van der Waals surface area contributed by atoms with E-state index < -0.39 is 0 Å². The second-order valence-corrected chi connectivity index (χ2v) is 6.01. The molecule has 0 spiro atoms. The smallest absolute Gasteiger partial charge is 0.151 e. The fourth-order valence-electron chi connectivity index (χ4n) is 1.65. The molecule has 0 saturated carbocycles. The van der Waals surface area contributed by atoms with Crippen LogP contribution < -0.4 is 5.32 Å². The summed E-state index contributed by atoms with van der Waals surface area (Å²) < 4.78 is 0. The lowest BCUT2D eigenvalue weighted by atomic mass is 10.2. The van der Waals surface area contributed by atoms with Gasteiger partial charge in [0.25, 0.3) is 0 Å². The number of unbranched alkanes of at least 4 members (excludes halogenated alkanes) is 1. The first kappa shape index (κ1) is 16.8. The summed E-state index contributed by atoms with van der Waals surface area (Å²) in [5.41, 5.74) is 0.980. The highest BCUT2D eigenvalue weighted by atomic mass is 35.5. The maximum absolute atomic E-state index is 8.66. The molecule has 110 valence electrons. The van der Waals surface area contributed by atoms with Gasteiger partial charge in [0.05, 0.1) is 5.69 Å². The number of hydrogen-bond acceptors (Lipinski definition) is 4. The Labute approximate surface area is 124 Å². The van der Waals surface area contributed by atoms with E-state index >= 15 is 0 Å². The lowest BCUT2D eigenvalue weighted by molar-refractivity contribution is 0.296. The van der Waals surface area contributed by atoms with Crippen LogP contribution in [0.3, 0.4) is 0 Å². The lowest BCUT2D eigenvalue weighted by Gasteiger charge is -2.03. The number of rotatable bonds is 11. The molecule has 0 amide bonds. The van der Waals surface area contributed by atoms with E-state index in [-0.39, 0.29) is 6.61 Å². The van der Waals surface area contributed by atoms with Crippen LogP contribution in [0.2, 0.25) is 5.15 Å². The minimum absolute atomic E-state index is 0.282. The molecule has 0 unspecified atom stereocenters. The number of nitrogens with zero attached hydrogens (tertiary/aromatic N) is 1. The van der Waals surface area contributed by atoms with Crippen molar-refractivity contribution in [3.05, 3.63) is 16.7 Å². The highest BCUT2D eigenvalue weighted by Gasteiger charge is 2.07. The van der Waals surface area contributed by atoms with Gasteiger partial charge in [-0.25, -0.2) is 4.98 Å². The zero-order valence-electron chi connectivity index (χ0n) is 11.5. The number of aliphatic hydroxyl groups excluding tert-OH is 1. The first-order chi connectivity index (χ1) is 9.27. The third-order valence-electron chi connectivity index (χ3n) is 2.72. The minimum Gasteiger partial charge on any atom is -0.396 e. The second-order valence-electron chi connectivity index (χ2n) is 4.42. The van der Waals surface area contributed by atoms with Gasteiger partial charge in [0.2, 0.25) is 0 Å². The zero-order chi connectivity index (χ0) is 13.9. The Morgan fingerprint density at radius 2 is 2.21 bits per heavy atom. The Kier molecular flexibility index (Phi) is 9.34. The van der Waals surface area contributed by atoms with Gasteiger partial charge in [-0.15, -0.1) is 0 Å². The average molecular weight is 306 g/mol. The first-order valence-corrected chi connectivity index (χ1v) is 8.43. The third-order valence-corrected chi connectivity index (χ3v) is 4.10. The standard InChI is InChI=1S/C13H24ClN3OS/c1-2-3-5-12-16-11(13(14)17-12)10-15-6-9-19-8-4-7-18/h15,18H,2-10H2,1H3,(H,16,17). The molecule has 1 aromatic heterocycles. The van der Waals surface area contributed by atoms with Gasteiger partial charge in [0.1, 0.15) is 5.82 Å². The molecule has 0 fully saturated rings. The molecule has 1 rings (SSSR count). The predicted octanol–water partition coefficient (Wildman–Crippen LogP) is 2.61. The number of imidazole rings is 1. The summed E-state index contributed by atoms with van der Waals surface area (Å²) in [5, 5.41) is 12.6. The van der Waals surface area contributed by atoms with E-state index in [4.69, 9.17) is 16.7 Å². The molecule has 0 aliphatic rings. The fraction of sp³-hybridized carbons (Fsp3) is 0.769. The SMILES string of the molecule is CCCCc1nc(Cl)c(CNCCSCCCO)[nH]1. The number of aliphatic hydroxyl groups is 1. The maximum atomic E-state index is 8.66. The summed E-state index contributed by atoms with van der Waals surface area (Å²) >= 11 is 7.94. The maximum Gasteiger partial charge on any atom is 0.151 e. The lowest BCUT2D eigenvalue weighted by Crippen LogP contribution is -2.17. The van der Waals surface area contributed by atoms with Crippen molar-refractivity contribution < 1.29 is 5.11 Å². The van der Waals surface area contributed by atoms with Gasteiger partial charge in [-0.3, -0.25) is 0 Å². The van der Waals surface area contributed by atoms with Crippen LogP contribution in [0.5, 0.6) is 0 Å². The van der Waals surface area contributed by atoms with Crippen LogP contribution in [0.4, 0.5) is 0 Å². The van der Waals surface area contributed by atoms with Crippen molar-refractivity contribution in [3.8, 4) is 0 Å². The van der Waals surface area contributed by atoms with Crippen molar-refractivity contribution >= 4 is 23.4 Å². The van der Waals surface area contributed by atoms with Gasteiger partial charge in [-0.1, -0.05) is 24.9 Å². The van der Waals surface area contributed by atoms with Crippen LogP contribution in [0, 0.1) is 0 Å². The summed E-state index contributed by atoms with van der Waals surface area (Å²) in [4.78, 5) is 7.61. The number of H-pyrrole nitrogens is 1. The normalized spacial score (nSPS) is 11.1. The molecule has 0 aliphatic carbocycles. The predicted molar refractivity (Wildman–Crippen MR) is 82.9 cm³/mol. The number of hydrogen-bond donors (Lipinski definition) is 3. The first-order valence-electron chi connectivity index (χ1n) is 6.90. The van der Waals surface area contributed by atoms with Gasteiger partial charge >= 0.3 is 0 Å². The molecular formula is C13H24ClN3OS. The number of aromatic amines is 1. The topological polar surface area (TPSA) is 60.9 Å². The average Bonchev–Trinajstić information content (AvgIpc) is 2.76. The Hall–Kier alpha value is -0.230. The summed E-state index contributed by atoms with van der Waals surface area (Å²) in [7, 11) is 0. The number of nitrogens with one attached hydrogen (secondary N) is 2. The molecule has 19 heavy (non-hydrogen) atoms. The Bertz CT molecular complexity index is 347. The van der Waals surface area contributed by atoms with Gasteiger partial charge in [-0.05, 0) is 18.6 Å². The number of halogens is 1. The molecule has 1 aromatic rings. The van der Waals surface area contributed by atoms with Crippen molar-refractivity contribution in [2.45, 2.75) is 39.2 Å². The van der Waals surface area contributed by atoms with Crippen molar-refractivity contribution in [3.63, 3.8) is 0 Å². The molecule has 0 radical (unpaired) electrons. The van der Waals surface area contributed by atoms with Crippen LogP contribution in [0.1, 0.15) is 37.7 Å². The molecule has 0 aromatic carbocycles. The minimum atomic E-state index is 0.282. The molecule has 4 nitrogen and oxygen atoms in total. The molecule has 3 N–H and O–H groups in total. The van der Waals surface area contributed by atoms with Gasteiger partial charge in [0, 0.05) is 31.9 Å². The van der Waals surface area contributed by atoms with Crippen molar-refractivity contribution in [2.24, 2.45) is 0 Å². The molecular weight excluding hydrogens is 282 g/mol. The largest absolute Gasteiger partial charge is 0.396 e. The van der Waals surface area contributed by atoms with Crippen LogP contribution in [0.15, 0.2) is 0 Å². The van der Waals surface area contributed by atoms with Gasteiger partial charge < -0.3 is 15.4 Å². The quantitative estimate of drug-likeness (QED) is 0.550. The summed E-state index contributed by atoms with van der Waals surface area (Å²) in [6.45, 7) is 4.13. The fourth-order valence-corrected chi connectivity index (χ4v) is 2.69. The summed E-state index contributed by atoms with van der Waals surface area (Å²) in [6.07, 6.45) is 4.14. The van der Waals surface area contributed by atoms with E-state index in [1.807, 2.05) is 11.8 Å². The van der Waals surface area contributed by atoms with Crippen molar-refractivity contribution in [2.75, 3.05) is 24.7 Å². The number of thioether (sulfide) groups is 1. The van der Waals surface area contributed by atoms with E-state index in [1.165, 1.54) is 0 Å². The highest BCUT2D eigenvalue weighted by molar-refractivity contribution is 7.99. The van der Waals surface area contributed by atoms with Gasteiger partial charge in [0.15, 0.2) is 5.15 Å². The summed E-state index contributed by atoms with van der Waals surface area (Å²) in [6, 6.07) is 0. The Morgan fingerprint density at radius 1 is 1.37 bits per heavy atom. The van der Waals surface area contributed by atoms with Crippen LogP contribution in [-0.2, 0) is 13.0 Å². The van der Waals surface area contributed by atoms with E-state index in [2.05, 4.69) is 22.2 Å². The van der Waals surface area contributed by atoms with E-state index in [0.29, 0.717) is 5.15 Å². The molecule has 0 saturated heterocycles. The van der Waals surface area contributed by atoms with E-state index in [9.17, 15) is 0 Å². The van der Waals surface area contributed by atoms with Crippen molar-refractivity contribution in [1.82, 2.24) is 15.3 Å². The third kappa shape index (κ3) is 7.20. The molecule has 0 aliphatic heterocycles. The van der Waals surface area contributed by atoms with E-state index in [0.717, 1.165) is 61.8 Å². The molecule has 0 atom stereocenters. The van der Waals surface area contributed by atoms with Crippen LogP contribution in [-0.4, -0.2) is 39.7 Å². The molecule has 1 heterocycles. The molecule has 0 bridgehead atoms. The van der Waals surface area contributed by atoms with Crippen LogP contribution >= 0.6 is 23.4 Å². The van der Waals surface area contributed by atoms with Crippen molar-refractivity contribution in [1.29, 1.82) is 0 Å². The number of aromatic nitrogens is 2. The zero-order valence-corrected chi connectivity index (χ0v) is 13.1. The second kappa shape index (κ2) is 10.5. The number of aryl methyl sites for hydroxylation is 1. The van der Waals surface area contributed by atoms with E-state index in [1.54, 1.807) is 0 Å². The monoisotopic (exact) mass is 305 g/mol. The Morgan fingerprint density at radius 3 is 2.95 bits per heavy atom. The highest BCUT2D eigenvalue weighted by Crippen LogP contribution is 2.14. The summed E-state index contributed by atoms with van der Waals surface area (Å²) in [5.74, 6) is 3.06. The Balaban J connectivity index is 2.16. The van der Waals surface area contributed by atoms with Gasteiger partial charge in [-0.2, -0.15) is 11.8 Å².